The first-order valence-corrected chi connectivity index (χ1v) is 7.66. The second-order valence-electron chi connectivity index (χ2n) is 4.95. The van der Waals surface area contributed by atoms with Crippen molar-refractivity contribution in [3.63, 3.8) is 0 Å². The fraction of sp³-hybridized carbons (Fsp3) is 0.500. The van der Waals surface area contributed by atoms with Gasteiger partial charge in [0.2, 0.25) is 0 Å². The van der Waals surface area contributed by atoms with Crippen LogP contribution in [0.15, 0.2) is 24.3 Å². The van der Waals surface area contributed by atoms with Gasteiger partial charge in [-0.3, -0.25) is 9.59 Å². The molecule has 1 aromatic rings. The molecule has 0 saturated carbocycles. The van der Waals surface area contributed by atoms with E-state index in [1.807, 2.05) is 13.8 Å². The molecule has 5 nitrogen and oxygen atoms in total. The quantitative estimate of drug-likeness (QED) is 0.689. The molecule has 1 amide bonds. The average molecular weight is 328 g/mol. The minimum absolute atomic E-state index is 0.0308. The minimum Gasteiger partial charge on any atom is -0.482 e. The molecule has 122 valence electrons. The molecule has 0 bridgehead atoms. The van der Waals surface area contributed by atoms with Crippen molar-refractivity contribution in [2.24, 2.45) is 0 Å². The summed E-state index contributed by atoms with van der Waals surface area (Å²) in [7, 11) is 0. The van der Waals surface area contributed by atoms with Crippen LogP contribution in [0.2, 0.25) is 5.02 Å². The summed E-state index contributed by atoms with van der Waals surface area (Å²) in [4.78, 5) is 25.2. The van der Waals surface area contributed by atoms with Crippen LogP contribution < -0.4 is 4.74 Å². The Kier molecular flexibility index (Phi) is 7.74. The van der Waals surface area contributed by atoms with Gasteiger partial charge in [0.25, 0.3) is 5.91 Å². The number of amides is 1. The number of rotatable bonds is 8. The van der Waals surface area contributed by atoms with E-state index in [2.05, 4.69) is 0 Å². The maximum atomic E-state index is 12.2. The molecule has 0 radical (unpaired) electrons. The van der Waals surface area contributed by atoms with Gasteiger partial charge in [0, 0.05) is 12.6 Å². The fourth-order valence-electron chi connectivity index (χ4n) is 1.90. The number of esters is 1. The molecule has 6 heteroatoms. The molecule has 22 heavy (non-hydrogen) atoms. The maximum absolute atomic E-state index is 12.2. The predicted molar refractivity (Wildman–Crippen MR) is 85.0 cm³/mol. The summed E-state index contributed by atoms with van der Waals surface area (Å²) in [6, 6.07) is 6.94. The van der Waals surface area contributed by atoms with Gasteiger partial charge in [0.05, 0.1) is 18.1 Å². The number of benzene rings is 1. The molecule has 0 heterocycles. The normalized spacial score (nSPS) is 10.4. The van der Waals surface area contributed by atoms with Crippen molar-refractivity contribution in [2.45, 2.75) is 33.2 Å². The predicted octanol–water partition coefficient (Wildman–Crippen LogP) is 2.91. The maximum Gasteiger partial charge on any atom is 0.307 e. The summed E-state index contributed by atoms with van der Waals surface area (Å²) < 4.78 is 10.3. The van der Waals surface area contributed by atoms with Crippen LogP contribution in [0.3, 0.4) is 0 Å². The van der Waals surface area contributed by atoms with E-state index in [9.17, 15) is 9.59 Å². The summed E-state index contributed by atoms with van der Waals surface area (Å²) in [5, 5.41) is 0.456. The number of hydrogen-bond donors (Lipinski definition) is 0. The highest BCUT2D eigenvalue weighted by Gasteiger charge is 2.19. The highest BCUT2D eigenvalue weighted by atomic mass is 35.5. The molecular formula is C16H22ClNO4. The number of halogens is 1. The first-order valence-electron chi connectivity index (χ1n) is 7.28. The SMILES string of the molecule is CCOC(=O)CCN(C(=O)COc1ccccc1Cl)C(C)C. The highest BCUT2D eigenvalue weighted by molar-refractivity contribution is 6.32. The van der Waals surface area contributed by atoms with E-state index >= 15 is 0 Å². The van der Waals surface area contributed by atoms with Crippen molar-refractivity contribution < 1.29 is 19.1 Å². The standard InChI is InChI=1S/C16H22ClNO4/c1-4-21-16(20)9-10-18(12(2)3)15(19)11-22-14-8-6-5-7-13(14)17/h5-8,12H,4,9-11H2,1-3H3. The molecule has 0 unspecified atom stereocenters. The highest BCUT2D eigenvalue weighted by Crippen LogP contribution is 2.23. The van der Waals surface area contributed by atoms with E-state index in [4.69, 9.17) is 21.1 Å². The van der Waals surface area contributed by atoms with Crippen molar-refractivity contribution >= 4 is 23.5 Å². The lowest BCUT2D eigenvalue weighted by molar-refractivity contribution is -0.144. The van der Waals surface area contributed by atoms with Gasteiger partial charge in [-0.25, -0.2) is 0 Å². The lowest BCUT2D eigenvalue weighted by Gasteiger charge is -2.26. The van der Waals surface area contributed by atoms with Gasteiger partial charge in [-0.15, -0.1) is 0 Å². The molecule has 0 spiro atoms. The molecule has 0 aliphatic heterocycles. The topological polar surface area (TPSA) is 55.8 Å². The Morgan fingerprint density at radius 2 is 1.95 bits per heavy atom. The van der Waals surface area contributed by atoms with Crippen molar-refractivity contribution in [3.8, 4) is 5.75 Å². The zero-order valence-corrected chi connectivity index (χ0v) is 13.9. The fourth-order valence-corrected chi connectivity index (χ4v) is 2.09. The van der Waals surface area contributed by atoms with E-state index in [1.54, 1.807) is 36.1 Å². The molecule has 0 aliphatic rings. The average Bonchev–Trinajstić information content (AvgIpc) is 2.46. The Balaban J connectivity index is 2.54. The number of hydrogen-bond acceptors (Lipinski definition) is 4. The van der Waals surface area contributed by atoms with Crippen LogP contribution in [0.25, 0.3) is 0 Å². The lowest BCUT2D eigenvalue weighted by Crippen LogP contribution is -2.41. The largest absolute Gasteiger partial charge is 0.482 e. The third kappa shape index (κ3) is 5.93. The van der Waals surface area contributed by atoms with Crippen LogP contribution >= 0.6 is 11.6 Å². The van der Waals surface area contributed by atoms with E-state index in [0.29, 0.717) is 23.9 Å². The Morgan fingerprint density at radius 1 is 1.27 bits per heavy atom. The molecule has 0 atom stereocenters. The number of nitrogens with zero attached hydrogens (tertiary/aromatic N) is 1. The molecule has 0 aliphatic carbocycles. The third-order valence-electron chi connectivity index (χ3n) is 2.99. The van der Waals surface area contributed by atoms with Gasteiger partial charge in [0.15, 0.2) is 6.61 Å². The minimum atomic E-state index is -0.312. The third-order valence-corrected chi connectivity index (χ3v) is 3.31. The van der Waals surface area contributed by atoms with Crippen LogP contribution in [-0.2, 0) is 14.3 Å². The Labute approximate surface area is 136 Å². The van der Waals surface area contributed by atoms with E-state index < -0.39 is 0 Å². The molecule has 0 aromatic heterocycles. The van der Waals surface area contributed by atoms with Crippen molar-refractivity contribution in [2.75, 3.05) is 19.8 Å². The van der Waals surface area contributed by atoms with Crippen LogP contribution in [0.4, 0.5) is 0 Å². The summed E-state index contributed by atoms with van der Waals surface area (Å²) in [5.74, 6) is -0.0428. The van der Waals surface area contributed by atoms with Gasteiger partial charge in [0.1, 0.15) is 5.75 Å². The second kappa shape index (κ2) is 9.30. The van der Waals surface area contributed by atoms with Gasteiger partial charge < -0.3 is 14.4 Å². The second-order valence-corrected chi connectivity index (χ2v) is 5.36. The smallest absolute Gasteiger partial charge is 0.307 e. The van der Waals surface area contributed by atoms with Crippen LogP contribution in [0.1, 0.15) is 27.2 Å². The number of para-hydroxylation sites is 1. The van der Waals surface area contributed by atoms with E-state index in [-0.39, 0.29) is 30.9 Å². The number of carbonyl (C=O) groups is 2. The van der Waals surface area contributed by atoms with E-state index in [1.165, 1.54) is 0 Å². The molecule has 0 N–H and O–H groups in total. The molecule has 0 fully saturated rings. The molecule has 0 saturated heterocycles. The summed E-state index contributed by atoms with van der Waals surface area (Å²) in [5.41, 5.74) is 0. The van der Waals surface area contributed by atoms with Crippen molar-refractivity contribution in [1.82, 2.24) is 4.90 Å². The van der Waals surface area contributed by atoms with E-state index in [0.717, 1.165) is 0 Å². The van der Waals surface area contributed by atoms with Crippen LogP contribution in [-0.4, -0.2) is 42.6 Å². The monoisotopic (exact) mass is 327 g/mol. The van der Waals surface area contributed by atoms with Crippen molar-refractivity contribution in [1.29, 1.82) is 0 Å². The molecule has 1 aromatic carbocycles. The summed E-state index contributed by atoms with van der Waals surface area (Å²) in [6.07, 6.45) is 0.170. The van der Waals surface area contributed by atoms with Gasteiger partial charge in [-0.2, -0.15) is 0 Å². The lowest BCUT2D eigenvalue weighted by atomic mass is 10.2. The number of ether oxygens (including phenoxy) is 2. The molecular weight excluding hydrogens is 306 g/mol. The molecule has 1 rings (SSSR count). The Morgan fingerprint density at radius 3 is 2.55 bits per heavy atom. The first kappa shape index (κ1) is 18.3. The first-order chi connectivity index (χ1) is 10.5. The van der Waals surface area contributed by atoms with Gasteiger partial charge in [-0.1, -0.05) is 23.7 Å². The zero-order chi connectivity index (χ0) is 16.5. The van der Waals surface area contributed by atoms with Crippen molar-refractivity contribution in [3.05, 3.63) is 29.3 Å². The van der Waals surface area contributed by atoms with Crippen LogP contribution in [0.5, 0.6) is 5.75 Å². The Bertz CT molecular complexity index is 505. The number of carbonyl (C=O) groups excluding carboxylic acids is 2. The van der Waals surface area contributed by atoms with Gasteiger partial charge in [-0.05, 0) is 32.9 Å². The summed E-state index contributed by atoms with van der Waals surface area (Å²) >= 11 is 5.98. The summed E-state index contributed by atoms with van der Waals surface area (Å²) in [6.45, 7) is 6.05. The van der Waals surface area contributed by atoms with Gasteiger partial charge >= 0.3 is 5.97 Å². The van der Waals surface area contributed by atoms with Crippen LogP contribution in [0, 0.1) is 0 Å². The Hall–Kier alpha value is -1.75. The zero-order valence-electron chi connectivity index (χ0n) is 13.2.